The van der Waals surface area contributed by atoms with E-state index in [-0.39, 0.29) is 23.6 Å². The van der Waals surface area contributed by atoms with Crippen molar-refractivity contribution in [3.63, 3.8) is 0 Å². The average Bonchev–Trinajstić information content (AvgIpc) is 3.73. The number of carbonyl (C=O) groups is 2. The summed E-state index contributed by atoms with van der Waals surface area (Å²) in [5, 5.41) is 3.31. The highest BCUT2D eigenvalue weighted by Crippen LogP contribution is 2.37. The van der Waals surface area contributed by atoms with Crippen LogP contribution in [0.5, 0.6) is 0 Å². The Kier molecular flexibility index (Phi) is 9.53. The molecule has 0 aliphatic carbocycles. The Morgan fingerprint density at radius 2 is 1.42 bits per heavy atom. The highest BCUT2D eigenvalue weighted by atomic mass is 19.1. The molecular weight excluding hydrogens is 637 g/mol. The van der Waals surface area contributed by atoms with Crippen molar-refractivity contribution in [2.75, 3.05) is 11.9 Å². The number of nitrogens with zero attached hydrogens (tertiary/aromatic N) is 4. The van der Waals surface area contributed by atoms with E-state index in [9.17, 15) is 9.59 Å². The van der Waals surface area contributed by atoms with E-state index in [1.807, 2.05) is 60.7 Å². The molecule has 0 radical (unpaired) electrons. The number of hydrogen-bond donors (Lipinski definition) is 1. The summed E-state index contributed by atoms with van der Waals surface area (Å²) in [4.78, 5) is 39.7. The SMILES string of the molecule is O=C(OC[C@H]1O[C@@H](n2cnc3c(NCc4ccccc4)nc(C#Cc4ccccc4)nc32)[C@@H](F)[C@@H]1OC(=O)c1ccccc1)c1ccccc1. The first-order chi connectivity index (χ1) is 24.5. The van der Waals surface area contributed by atoms with Gasteiger partial charge in [0.2, 0.25) is 5.82 Å². The highest BCUT2D eigenvalue weighted by Gasteiger charge is 2.50. The molecule has 0 amide bonds. The molecule has 248 valence electrons. The number of benzene rings is 4. The molecule has 0 bridgehead atoms. The quantitative estimate of drug-likeness (QED) is 0.143. The first-order valence-corrected chi connectivity index (χ1v) is 15.9. The van der Waals surface area contributed by atoms with Crippen LogP contribution in [0.15, 0.2) is 128 Å². The van der Waals surface area contributed by atoms with E-state index < -0.39 is 36.5 Å². The van der Waals surface area contributed by atoms with Crippen molar-refractivity contribution in [1.29, 1.82) is 0 Å². The van der Waals surface area contributed by atoms with Crippen LogP contribution >= 0.6 is 0 Å². The lowest BCUT2D eigenvalue weighted by molar-refractivity contribution is -0.0570. The smallest absolute Gasteiger partial charge is 0.338 e. The van der Waals surface area contributed by atoms with Gasteiger partial charge in [-0.05, 0) is 47.9 Å². The van der Waals surface area contributed by atoms with Gasteiger partial charge in [-0.25, -0.2) is 28.9 Å². The summed E-state index contributed by atoms with van der Waals surface area (Å²) in [6, 6.07) is 35.8. The monoisotopic (exact) mass is 667 g/mol. The summed E-state index contributed by atoms with van der Waals surface area (Å²) < 4.78 is 35.4. The molecule has 11 heteroatoms. The Morgan fingerprint density at radius 3 is 2.10 bits per heavy atom. The number of anilines is 1. The lowest BCUT2D eigenvalue weighted by Gasteiger charge is -2.19. The molecule has 0 unspecified atom stereocenters. The van der Waals surface area contributed by atoms with Gasteiger partial charge in [0, 0.05) is 12.1 Å². The van der Waals surface area contributed by atoms with Gasteiger partial charge in [-0.15, -0.1) is 0 Å². The topological polar surface area (TPSA) is 117 Å². The minimum absolute atomic E-state index is 0.174. The molecule has 1 fully saturated rings. The Hall–Kier alpha value is -6.38. The van der Waals surface area contributed by atoms with Crippen molar-refractivity contribution in [2.24, 2.45) is 0 Å². The Bertz CT molecular complexity index is 2150. The number of alkyl halides is 1. The molecule has 6 aromatic rings. The maximum atomic E-state index is 16.6. The second kappa shape index (κ2) is 14.8. The fourth-order valence-corrected chi connectivity index (χ4v) is 5.49. The predicted octanol–water partition coefficient (Wildman–Crippen LogP) is 6.16. The molecule has 1 saturated heterocycles. The van der Waals surface area contributed by atoms with E-state index in [0.29, 0.717) is 23.4 Å². The second-order valence-electron chi connectivity index (χ2n) is 11.4. The van der Waals surface area contributed by atoms with Gasteiger partial charge in [0.1, 0.15) is 12.7 Å². The van der Waals surface area contributed by atoms with Crippen LogP contribution in [0.1, 0.15) is 43.9 Å². The van der Waals surface area contributed by atoms with Gasteiger partial charge in [-0.2, -0.15) is 0 Å². The molecule has 1 aliphatic heterocycles. The number of ether oxygens (including phenoxy) is 3. The molecular formula is C39H30FN5O5. The fraction of sp³-hybridized carbons (Fsp3) is 0.154. The standard InChI is InChI=1S/C39H30FN5O5/c40-32-34(50-39(47)29-19-11-4-12-20-29)30(24-48-38(46)28-17-9-3-10-18-28)49-37(32)45-25-42-33-35(41-23-27-15-7-2-8-16-27)43-31(44-36(33)45)22-21-26-13-5-1-6-14-26/h1-20,25,30,32,34,37H,23-24H2,(H,41,43,44)/t30-,32+,34-,37-/m1/s1. The molecule has 1 N–H and O–H groups in total. The molecule has 10 nitrogen and oxygen atoms in total. The summed E-state index contributed by atoms with van der Waals surface area (Å²) in [5.41, 5.74) is 2.93. The third kappa shape index (κ3) is 7.21. The predicted molar refractivity (Wildman–Crippen MR) is 183 cm³/mol. The molecule has 0 spiro atoms. The minimum atomic E-state index is -1.89. The van der Waals surface area contributed by atoms with E-state index in [1.165, 1.54) is 10.9 Å². The van der Waals surface area contributed by atoms with Crippen LogP contribution in [-0.2, 0) is 20.8 Å². The van der Waals surface area contributed by atoms with E-state index >= 15 is 4.39 Å². The van der Waals surface area contributed by atoms with Gasteiger partial charge in [-0.3, -0.25) is 4.57 Å². The number of nitrogens with one attached hydrogen (secondary N) is 1. The first kappa shape index (κ1) is 32.2. The van der Waals surface area contributed by atoms with Crippen molar-refractivity contribution in [2.45, 2.75) is 31.2 Å². The molecule has 3 heterocycles. The second-order valence-corrected chi connectivity index (χ2v) is 11.4. The molecule has 4 atom stereocenters. The number of halogens is 1. The number of imidazole rings is 1. The Balaban J connectivity index is 1.22. The number of esters is 2. The average molecular weight is 668 g/mol. The number of fused-ring (bicyclic) bond motifs is 1. The van der Waals surface area contributed by atoms with Crippen LogP contribution < -0.4 is 5.32 Å². The number of rotatable bonds is 9. The summed E-state index contributed by atoms with van der Waals surface area (Å²) in [5.74, 6) is 5.26. The zero-order valence-corrected chi connectivity index (χ0v) is 26.6. The summed E-state index contributed by atoms with van der Waals surface area (Å²) in [6.45, 7) is 0.0556. The fourth-order valence-electron chi connectivity index (χ4n) is 5.49. The van der Waals surface area contributed by atoms with Crippen LogP contribution in [0.2, 0.25) is 0 Å². The number of hydrogen-bond acceptors (Lipinski definition) is 9. The van der Waals surface area contributed by atoms with Gasteiger partial charge in [0.05, 0.1) is 17.5 Å². The van der Waals surface area contributed by atoms with Crippen molar-refractivity contribution in [3.8, 4) is 11.8 Å². The van der Waals surface area contributed by atoms with Crippen LogP contribution in [-0.4, -0.2) is 56.4 Å². The molecule has 2 aromatic heterocycles. The first-order valence-electron chi connectivity index (χ1n) is 15.9. The van der Waals surface area contributed by atoms with Crippen LogP contribution in [0, 0.1) is 11.8 Å². The lowest BCUT2D eigenvalue weighted by Crippen LogP contribution is -2.37. The molecule has 50 heavy (non-hydrogen) atoms. The summed E-state index contributed by atoms with van der Waals surface area (Å²) in [7, 11) is 0. The molecule has 7 rings (SSSR count). The van der Waals surface area contributed by atoms with E-state index in [4.69, 9.17) is 14.2 Å². The van der Waals surface area contributed by atoms with Gasteiger partial charge in [-0.1, -0.05) is 90.8 Å². The van der Waals surface area contributed by atoms with E-state index in [2.05, 4.69) is 32.1 Å². The zero-order valence-electron chi connectivity index (χ0n) is 26.6. The van der Waals surface area contributed by atoms with Crippen molar-refractivity contribution >= 4 is 28.9 Å². The van der Waals surface area contributed by atoms with Crippen molar-refractivity contribution < 1.29 is 28.2 Å². The van der Waals surface area contributed by atoms with Gasteiger partial charge >= 0.3 is 11.9 Å². The maximum Gasteiger partial charge on any atom is 0.338 e. The van der Waals surface area contributed by atoms with E-state index in [0.717, 1.165) is 11.1 Å². The number of carbonyl (C=O) groups excluding carboxylic acids is 2. The highest BCUT2D eigenvalue weighted by molar-refractivity contribution is 5.90. The maximum absolute atomic E-state index is 16.6. The van der Waals surface area contributed by atoms with Crippen LogP contribution in [0.25, 0.3) is 11.2 Å². The minimum Gasteiger partial charge on any atom is -0.459 e. The van der Waals surface area contributed by atoms with Crippen LogP contribution in [0.3, 0.4) is 0 Å². The van der Waals surface area contributed by atoms with E-state index in [1.54, 1.807) is 60.7 Å². The van der Waals surface area contributed by atoms with Gasteiger partial charge < -0.3 is 19.5 Å². The lowest BCUT2D eigenvalue weighted by atomic mass is 10.1. The van der Waals surface area contributed by atoms with Crippen molar-refractivity contribution in [3.05, 3.63) is 156 Å². The van der Waals surface area contributed by atoms with Crippen LogP contribution in [0.4, 0.5) is 10.2 Å². The normalized spacial score (nSPS) is 18.2. The zero-order chi connectivity index (χ0) is 34.3. The molecule has 1 aliphatic rings. The van der Waals surface area contributed by atoms with Crippen molar-refractivity contribution in [1.82, 2.24) is 19.5 Å². The Labute approximate surface area is 286 Å². The Morgan fingerprint density at radius 1 is 0.800 bits per heavy atom. The summed E-state index contributed by atoms with van der Waals surface area (Å²) >= 11 is 0. The van der Waals surface area contributed by atoms with Gasteiger partial charge in [0.15, 0.2) is 35.5 Å². The number of aromatic nitrogens is 4. The van der Waals surface area contributed by atoms with Gasteiger partial charge in [0.25, 0.3) is 0 Å². The third-order valence-corrected chi connectivity index (χ3v) is 8.00. The third-order valence-electron chi connectivity index (χ3n) is 8.00. The summed E-state index contributed by atoms with van der Waals surface area (Å²) in [6.07, 6.45) is -4.42. The molecule has 4 aromatic carbocycles. The molecule has 0 saturated carbocycles. The largest absolute Gasteiger partial charge is 0.459 e.